The Morgan fingerprint density at radius 2 is 2.29 bits per heavy atom. The van der Waals surface area contributed by atoms with Crippen LogP contribution in [0.4, 0.5) is 0 Å². The van der Waals surface area contributed by atoms with Gasteiger partial charge in [0.1, 0.15) is 5.65 Å². The molecule has 0 aliphatic carbocycles. The molecule has 1 aliphatic heterocycles. The number of aromatic nitrogens is 2. The lowest BCUT2D eigenvalue weighted by atomic mass is 10.2. The molecule has 1 saturated heterocycles. The van der Waals surface area contributed by atoms with Crippen LogP contribution in [0.3, 0.4) is 0 Å². The number of morpholine rings is 1. The standard InChI is InChI=1S/C13H16ClN3O3S/c1-2-10-9-20-8-7-17(10)21(18,19)13-12(14)15-11-5-3-4-6-16(11)13/h3-6,10H,2,7-9H2,1H3. The molecule has 0 bridgehead atoms. The molecule has 0 saturated carbocycles. The Bertz CT molecular complexity index is 759. The lowest BCUT2D eigenvalue weighted by Crippen LogP contribution is -2.48. The molecule has 6 nitrogen and oxygen atoms in total. The van der Waals surface area contributed by atoms with E-state index in [1.807, 2.05) is 6.92 Å². The van der Waals surface area contributed by atoms with Crippen molar-refractivity contribution in [1.82, 2.24) is 13.7 Å². The third-order valence-electron chi connectivity index (χ3n) is 3.64. The van der Waals surface area contributed by atoms with Crippen molar-refractivity contribution in [3.63, 3.8) is 0 Å². The van der Waals surface area contributed by atoms with Crippen LogP contribution < -0.4 is 0 Å². The van der Waals surface area contributed by atoms with E-state index in [0.717, 1.165) is 0 Å². The molecule has 0 N–H and O–H groups in total. The van der Waals surface area contributed by atoms with Gasteiger partial charge in [0.05, 0.1) is 13.2 Å². The first-order chi connectivity index (χ1) is 10.1. The maximum absolute atomic E-state index is 13.0. The minimum atomic E-state index is -3.72. The molecule has 1 fully saturated rings. The number of fused-ring (bicyclic) bond motifs is 1. The Balaban J connectivity index is 2.14. The maximum atomic E-state index is 13.0. The minimum Gasteiger partial charge on any atom is -0.378 e. The molecule has 114 valence electrons. The molecule has 3 rings (SSSR count). The van der Waals surface area contributed by atoms with Crippen LogP contribution in [0.1, 0.15) is 13.3 Å². The van der Waals surface area contributed by atoms with Crippen LogP contribution in [-0.2, 0) is 14.8 Å². The number of rotatable bonds is 3. The van der Waals surface area contributed by atoms with Crippen molar-refractivity contribution in [1.29, 1.82) is 0 Å². The molecule has 8 heteroatoms. The Kier molecular flexibility index (Phi) is 3.92. The summed E-state index contributed by atoms with van der Waals surface area (Å²) >= 11 is 6.09. The van der Waals surface area contributed by atoms with Crippen molar-refractivity contribution >= 4 is 27.3 Å². The molecule has 1 atom stereocenters. The zero-order valence-electron chi connectivity index (χ0n) is 11.6. The fourth-order valence-corrected chi connectivity index (χ4v) is 4.84. The van der Waals surface area contributed by atoms with Gasteiger partial charge < -0.3 is 4.74 Å². The molecule has 1 unspecified atom stereocenters. The number of hydrogen-bond acceptors (Lipinski definition) is 4. The predicted octanol–water partition coefficient (Wildman–Crippen LogP) is 1.79. The van der Waals surface area contributed by atoms with Crippen LogP contribution in [0, 0.1) is 0 Å². The SMILES string of the molecule is CCC1COCCN1S(=O)(=O)c1c(Cl)nc2ccccn12. The number of pyridine rings is 1. The van der Waals surface area contributed by atoms with E-state index in [-0.39, 0.29) is 16.2 Å². The summed E-state index contributed by atoms with van der Waals surface area (Å²) in [5, 5.41) is 0.0302. The molecule has 3 heterocycles. The predicted molar refractivity (Wildman–Crippen MR) is 79.0 cm³/mol. The van der Waals surface area contributed by atoms with Gasteiger partial charge in [0.25, 0.3) is 10.0 Å². The molecule has 0 aromatic carbocycles. The number of nitrogens with zero attached hydrogens (tertiary/aromatic N) is 3. The van der Waals surface area contributed by atoms with Crippen molar-refractivity contribution in [2.75, 3.05) is 19.8 Å². The molecule has 0 radical (unpaired) electrons. The smallest absolute Gasteiger partial charge is 0.262 e. The van der Waals surface area contributed by atoms with Gasteiger partial charge in [0, 0.05) is 18.8 Å². The van der Waals surface area contributed by atoms with Gasteiger partial charge in [0.15, 0.2) is 10.2 Å². The first kappa shape index (κ1) is 14.8. The van der Waals surface area contributed by atoms with Gasteiger partial charge in [-0.05, 0) is 18.6 Å². The number of imidazole rings is 1. The first-order valence-corrected chi connectivity index (χ1v) is 8.59. The summed E-state index contributed by atoms with van der Waals surface area (Å²) in [7, 11) is -3.72. The van der Waals surface area contributed by atoms with E-state index < -0.39 is 10.0 Å². The Morgan fingerprint density at radius 3 is 3.05 bits per heavy atom. The average Bonchev–Trinajstić information content (AvgIpc) is 2.83. The zero-order valence-corrected chi connectivity index (χ0v) is 13.1. The summed E-state index contributed by atoms with van der Waals surface area (Å²) in [5.74, 6) is 0. The average molecular weight is 330 g/mol. The van der Waals surface area contributed by atoms with Crippen LogP contribution in [0.5, 0.6) is 0 Å². The Hall–Kier alpha value is -1.15. The van der Waals surface area contributed by atoms with E-state index in [9.17, 15) is 8.42 Å². The van der Waals surface area contributed by atoms with Gasteiger partial charge in [-0.2, -0.15) is 4.31 Å². The second-order valence-corrected chi connectivity index (χ2v) is 7.05. The van der Waals surface area contributed by atoms with Gasteiger partial charge in [-0.1, -0.05) is 24.6 Å². The minimum absolute atomic E-state index is 0.00236. The van der Waals surface area contributed by atoms with Crippen molar-refractivity contribution in [3.8, 4) is 0 Å². The lowest BCUT2D eigenvalue weighted by molar-refractivity contribution is 0.0313. The third-order valence-corrected chi connectivity index (χ3v) is 6.00. The van der Waals surface area contributed by atoms with E-state index in [2.05, 4.69) is 4.98 Å². The van der Waals surface area contributed by atoms with Crippen LogP contribution >= 0.6 is 11.6 Å². The van der Waals surface area contributed by atoms with Crippen molar-refractivity contribution < 1.29 is 13.2 Å². The quantitative estimate of drug-likeness (QED) is 0.861. The van der Waals surface area contributed by atoms with Crippen molar-refractivity contribution in [3.05, 3.63) is 29.5 Å². The summed E-state index contributed by atoms with van der Waals surface area (Å²) in [5.41, 5.74) is 0.516. The summed E-state index contributed by atoms with van der Waals surface area (Å²) in [6, 6.07) is 5.09. The molecule has 1 aliphatic rings. The fourth-order valence-electron chi connectivity index (χ4n) is 2.56. The number of ether oxygens (including phenoxy) is 1. The topological polar surface area (TPSA) is 63.9 Å². The van der Waals surface area contributed by atoms with Crippen LogP contribution in [0.2, 0.25) is 5.15 Å². The van der Waals surface area contributed by atoms with E-state index in [1.165, 1.54) is 8.71 Å². The van der Waals surface area contributed by atoms with Gasteiger partial charge in [-0.15, -0.1) is 0 Å². The normalized spacial score (nSPS) is 21.0. The summed E-state index contributed by atoms with van der Waals surface area (Å²) < 4.78 is 34.3. The molecule has 2 aromatic heterocycles. The molecule has 0 spiro atoms. The highest BCUT2D eigenvalue weighted by molar-refractivity contribution is 7.89. The molecule has 2 aromatic rings. The van der Waals surface area contributed by atoms with E-state index in [4.69, 9.17) is 16.3 Å². The van der Waals surface area contributed by atoms with Crippen LogP contribution in [0.15, 0.2) is 29.4 Å². The largest absolute Gasteiger partial charge is 0.378 e. The van der Waals surface area contributed by atoms with Crippen molar-refractivity contribution in [2.45, 2.75) is 24.4 Å². The van der Waals surface area contributed by atoms with E-state index in [1.54, 1.807) is 24.4 Å². The molecular formula is C13H16ClN3O3S. The monoisotopic (exact) mass is 329 g/mol. The summed E-state index contributed by atoms with van der Waals surface area (Å²) in [6.45, 7) is 3.07. The number of halogens is 1. The Labute approximate surface area is 128 Å². The number of hydrogen-bond donors (Lipinski definition) is 0. The number of sulfonamides is 1. The van der Waals surface area contributed by atoms with Gasteiger partial charge in [0.2, 0.25) is 0 Å². The highest BCUT2D eigenvalue weighted by Gasteiger charge is 2.36. The van der Waals surface area contributed by atoms with E-state index >= 15 is 0 Å². The Morgan fingerprint density at radius 1 is 1.48 bits per heavy atom. The van der Waals surface area contributed by atoms with Crippen LogP contribution in [0.25, 0.3) is 5.65 Å². The van der Waals surface area contributed by atoms with Crippen LogP contribution in [-0.4, -0.2) is 47.9 Å². The second-order valence-electron chi connectivity index (χ2n) is 4.89. The highest BCUT2D eigenvalue weighted by Crippen LogP contribution is 2.28. The highest BCUT2D eigenvalue weighted by atomic mass is 35.5. The summed E-state index contributed by atoms with van der Waals surface area (Å²) in [6.07, 6.45) is 2.34. The van der Waals surface area contributed by atoms with E-state index in [0.29, 0.717) is 31.8 Å². The lowest BCUT2D eigenvalue weighted by Gasteiger charge is -2.33. The summed E-state index contributed by atoms with van der Waals surface area (Å²) in [4.78, 5) is 4.12. The second kappa shape index (κ2) is 5.57. The first-order valence-electron chi connectivity index (χ1n) is 6.78. The van der Waals surface area contributed by atoms with Gasteiger partial charge in [-0.3, -0.25) is 4.40 Å². The van der Waals surface area contributed by atoms with Gasteiger partial charge >= 0.3 is 0 Å². The molecule has 21 heavy (non-hydrogen) atoms. The molecular weight excluding hydrogens is 314 g/mol. The maximum Gasteiger partial charge on any atom is 0.262 e. The zero-order chi connectivity index (χ0) is 15.0. The molecule has 0 amide bonds. The third kappa shape index (κ3) is 2.44. The fraction of sp³-hybridized carbons (Fsp3) is 0.462. The van der Waals surface area contributed by atoms with Gasteiger partial charge in [-0.25, -0.2) is 13.4 Å². The van der Waals surface area contributed by atoms with Crippen molar-refractivity contribution in [2.24, 2.45) is 0 Å².